The summed E-state index contributed by atoms with van der Waals surface area (Å²) in [5, 5.41) is 9.91. The molecule has 0 radical (unpaired) electrons. The number of carbonyl (C=O) groups excluding carboxylic acids is 2. The fourth-order valence-corrected chi connectivity index (χ4v) is 2.58. The van der Waals surface area contributed by atoms with Crippen LogP contribution in [0.1, 0.15) is 26.3 Å². The Bertz CT molecular complexity index is 1070. The number of benzene rings is 2. The zero-order chi connectivity index (χ0) is 18.7. The second kappa shape index (κ2) is 7.03. The van der Waals surface area contributed by atoms with E-state index < -0.39 is 17.6 Å². The van der Waals surface area contributed by atoms with Crippen molar-refractivity contribution in [1.29, 1.82) is 5.26 Å². The van der Waals surface area contributed by atoms with Gasteiger partial charge in [0.2, 0.25) is 5.78 Å². The summed E-state index contributed by atoms with van der Waals surface area (Å²) in [5.41, 5.74) is 1.66. The topological polar surface area (TPSA) is 82.9 Å². The Labute approximate surface area is 148 Å². The van der Waals surface area contributed by atoms with Crippen molar-refractivity contribution in [2.24, 2.45) is 0 Å². The molecule has 0 amide bonds. The lowest BCUT2D eigenvalue weighted by Gasteiger charge is -2.01. The number of nitrogens with one attached hydrogen (secondary N) is 1. The van der Waals surface area contributed by atoms with Gasteiger partial charge in [-0.3, -0.25) is 4.79 Å². The van der Waals surface area contributed by atoms with Crippen molar-refractivity contribution >= 4 is 28.7 Å². The van der Waals surface area contributed by atoms with Crippen LogP contribution in [0.15, 0.2) is 54.2 Å². The van der Waals surface area contributed by atoms with Gasteiger partial charge in [-0.05, 0) is 42.0 Å². The highest BCUT2D eigenvalue weighted by atomic mass is 19.1. The number of nitriles is 1. The number of ketones is 1. The van der Waals surface area contributed by atoms with Crippen LogP contribution in [-0.4, -0.2) is 23.8 Å². The molecule has 2 aromatic carbocycles. The summed E-state index contributed by atoms with van der Waals surface area (Å²) in [6, 6.07) is 12.3. The SMILES string of the molecule is COC(=O)c1ccc(/C=C(\C#N)C(=O)c2c[nH]c3cc(F)ccc23)cc1. The second-order valence-corrected chi connectivity index (χ2v) is 5.50. The molecular weight excluding hydrogens is 335 g/mol. The number of H-pyrrole nitrogens is 1. The second-order valence-electron chi connectivity index (χ2n) is 5.50. The maximum Gasteiger partial charge on any atom is 0.337 e. The van der Waals surface area contributed by atoms with Crippen molar-refractivity contribution < 1.29 is 18.7 Å². The fraction of sp³-hybridized carbons (Fsp3) is 0.0500. The first-order chi connectivity index (χ1) is 12.5. The number of Topliss-reactive ketones (excluding diaryl/α,β-unsaturated/α-hetero) is 1. The highest BCUT2D eigenvalue weighted by Gasteiger charge is 2.17. The number of nitrogens with zero attached hydrogens (tertiary/aromatic N) is 1. The molecule has 1 aromatic heterocycles. The summed E-state index contributed by atoms with van der Waals surface area (Å²) >= 11 is 0. The molecule has 0 saturated carbocycles. The first-order valence-corrected chi connectivity index (χ1v) is 7.65. The summed E-state index contributed by atoms with van der Waals surface area (Å²) in [6.07, 6.45) is 2.89. The van der Waals surface area contributed by atoms with Crippen LogP contribution in [0.5, 0.6) is 0 Å². The number of esters is 1. The van der Waals surface area contributed by atoms with E-state index in [0.29, 0.717) is 27.6 Å². The van der Waals surface area contributed by atoms with E-state index in [1.165, 1.54) is 37.6 Å². The van der Waals surface area contributed by atoms with Gasteiger partial charge in [-0.25, -0.2) is 9.18 Å². The summed E-state index contributed by atoms with van der Waals surface area (Å²) in [6.45, 7) is 0. The number of fused-ring (bicyclic) bond motifs is 1. The van der Waals surface area contributed by atoms with E-state index in [0.717, 1.165) is 0 Å². The smallest absolute Gasteiger partial charge is 0.337 e. The average Bonchev–Trinajstić information content (AvgIpc) is 3.08. The van der Waals surface area contributed by atoms with Crippen molar-refractivity contribution in [3.8, 4) is 6.07 Å². The Kier molecular flexibility index (Phi) is 4.63. The molecule has 1 heterocycles. The molecule has 0 aliphatic carbocycles. The predicted molar refractivity (Wildman–Crippen MR) is 94.0 cm³/mol. The molecule has 6 heteroatoms. The lowest BCUT2D eigenvalue weighted by atomic mass is 10.0. The minimum atomic E-state index is -0.470. The van der Waals surface area contributed by atoms with Gasteiger partial charge in [0, 0.05) is 22.7 Å². The largest absolute Gasteiger partial charge is 0.465 e. The molecule has 26 heavy (non-hydrogen) atoms. The number of hydrogen-bond donors (Lipinski definition) is 1. The highest BCUT2D eigenvalue weighted by Crippen LogP contribution is 2.22. The van der Waals surface area contributed by atoms with Crippen molar-refractivity contribution in [3.05, 3.63) is 76.7 Å². The van der Waals surface area contributed by atoms with Crippen LogP contribution >= 0.6 is 0 Å². The van der Waals surface area contributed by atoms with Gasteiger partial charge in [0.1, 0.15) is 17.5 Å². The number of ether oxygens (including phenoxy) is 1. The number of halogens is 1. The van der Waals surface area contributed by atoms with Gasteiger partial charge >= 0.3 is 5.97 Å². The van der Waals surface area contributed by atoms with Crippen molar-refractivity contribution in [1.82, 2.24) is 4.98 Å². The molecule has 128 valence electrons. The number of carbonyl (C=O) groups is 2. The zero-order valence-corrected chi connectivity index (χ0v) is 13.7. The summed E-state index contributed by atoms with van der Waals surface area (Å²) in [7, 11) is 1.29. The molecular formula is C20H13FN2O3. The van der Waals surface area contributed by atoms with Crippen LogP contribution in [0.25, 0.3) is 17.0 Å². The summed E-state index contributed by atoms with van der Waals surface area (Å²) in [5.74, 6) is -1.36. The maximum absolute atomic E-state index is 13.3. The Morgan fingerprint density at radius 1 is 1.19 bits per heavy atom. The third-order valence-corrected chi connectivity index (χ3v) is 3.90. The van der Waals surface area contributed by atoms with Gasteiger partial charge in [0.25, 0.3) is 0 Å². The van der Waals surface area contributed by atoms with Crippen LogP contribution < -0.4 is 0 Å². The average molecular weight is 348 g/mol. The molecule has 3 aromatic rings. The number of allylic oxidation sites excluding steroid dienone is 1. The van der Waals surface area contributed by atoms with Gasteiger partial charge in [-0.15, -0.1) is 0 Å². The van der Waals surface area contributed by atoms with Crippen LogP contribution in [0, 0.1) is 17.1 Å². The van der Waals surface area contributed by atoms with Crippen molar-refractivity contribution in [2.75, 3.05) is 7.11 Å². The maximum atomic E-state index is 13.3. The van der Waals surface area contributed by atoms with Crippen LogP contribution in [-0.2, 0) is 4.74 Å². The molecule has 0 fully saturated rings. The number of hydrogen-bond acceptors (Lipinski definition) is 4. The Balaban J connectivity index is 1.94. The number of aromatic amines is 1. The minimum absolute atomic E-state index is 0.0685. The first kappa shape index (κ1) is 17.1. The van der Waals surface area contributed by atoms with Crippen LogP contribution in [0.2, 0.25) is 0 Å². The number of rotatable bonds is 4. The molecule has 0 aliphatic rings. The quantitative estimate of drug-likeness (QED) is 0.336. The predicted octanol–water partition coefficient (Wildman–Crippen LogP) is 3.88. The monoisotopic (exact) mass is 348 g/mol. The van der Waals surface area contributed by atoms with E-state index in [-0.39, 0.29) is 5.57 Å². The van der Waals surface area contributed by atoms with E-state index in [4.69, 9.17) is 0 Å². The van der Waals surface area contributed by atoms with E-state index in [1.807, 2.05) is 6.07 Å². The number of methoxy groups -OCH3 is 1. The molecule has 5 nitrogen and oxygen atoms in total. The van der Waals surface area contributed by atoms with Gasteiger partial charge in [-0.1, -0.05) is 12.1 Å². The molecule has 0 spiro atoms. The van der Waals surface area contributed by atoms with E-state index in [2.05, 4.69) is 9.72 Å². The van der Waals surface area contributed by atoms with E-state index >= 15 is 0 Å². The van der Waals surface area contributed by atoms with Crippen molar-refractivity contribution in [3.63, 3.8) is 0 Å². The Morgan fingerprint density at radius 3 is 2.58 bits per heavy atom. The highest BCUT2D eigenvalue weighted by molar-refractivity contribution is 6.19. The standard InChI is InChI=1S/C20H13FN2O3/c1-26-20(25)13-4-2-12(3-5-13)8-14(10-22)19(24)17-11-23-18-9-15(21)6-7-16(17)18/h2-9,11,23H,1H3/b14-8+. The molecule has 0 saturated heterocycles. The molecule has 0 aliphatic heterocycles. The van der Waals surface area contributed by atoms with Crippen molar-refractivity contribution in [2.45, 2.75) is 0 Å². The Hall–Kier alpha value is -3.72. The van der Waals surface area contributed by atoms with Gasteiger partial charge < -0.3 is 9.72 Å². The molecule has 0 unspecified atom stereocenters. The van der Waals surface area contributed by atoms with E-state index in [9.17, 15) is 19.2 Å². The van der Waals surface area contributed by atoms with Gasteiger partial charge in [0.15, 0.2) is 0 Å². The summed E-state index contributed by atoms with van der Waals surface area (Å²) in [4.78, 5) is 27.0. The zero-order valence-electron chi connectivity index (χ0n) is 13.7. The summed E-state index contributed by atoms with van der Waals surface area (Å²) < 4.78 is 17.9. The van der Waals surface area contributed by atoms with Gasteiger partial charge in [0.05, 0.1) is 12.7 Å². The first-order valence-electron chi connectivity index (χ1n) is 7.65. The minimum Gasteiger partial charge on any atom is -0.465 e. The molecule has 0 bridgehead atoms. The fourth-order valence-electron chi connectivity index (χ4n) is 2.58. The lowest BCUT2D eigenvalue weighted by Crippen LogP contribution is -2.02. The normalized spacial score (nSPS) is 11.2. The lowest BCUT2D eigenvalue weighted by molar-refractivity contribution is 0.0600. The third-order valence-electron chi connectivity index (χ3n) is 3.90. The molecule has 0 atom stereocenters. The van der Waals surface area contributed by atoms with Gasteiger partial charge in [-0.2, -0.15) is 5.26 Å². The molecule has 3 rings (SSSR count). The van der Waals surface area contributed by atoms with Crippen LogP contribution in [0.4, 0.5) is 4.39 Å². The van der Waals surface area contributed by atoms with Crippen LogP contribution in [0.3, 0.4) is 0 Å². The number of aromatic nitrogens is 1. The third kappa shape index (κ3) is 3.23. The molecule has 1 N–H and O–H groups in total. The van der Waals surface area contributed by atoms with E-state index in [1.54, 1.807) is 24.3 Å². The Morgan fingerprint density at radius 2 is 1.92 bits per heavy atom.